The van der Waals surface area contributed by atoms with Gasteiger partial charge < -0.3 is 5.32 Å². The van der Waals surface area contributed by atoms with Crippen LogP contribution in [0.25, 0.3) is 0 Å². The molecule has 2 rings (SSSR count). The first-order chi connectivity index (χ1) is 7.59. The van der Waals surface area contributed by atoms with E-state index in [4.69, 9.17) is 0 Å². The van der Waals surface area contributed by atoms with E-state index in [0.29, 0.717) is 32.4 Å². The zero-order valence-corrected chi connectivity index (χ0v) is 9.52. The predicted molar refractivity (Wildman–Crippen MR) is 60.8 cm³/mol. The maximum atomic E-state index is 14.4. The van der Waals surface area contributed by atoms with Crippen LogP contribution in [0.4, 0.5) is 8.78 Å². The molecule has 1 heterocycles. The summed E-state index contributed by atoms with van der Waals surface area (Å²) in [4.78, 5) is 0. The van der Waals surface area contributed by atoms with Gasteiger partial charge in [0, 0.05) is 6.42 Å². The van der Waals surface area contributed by atoms with Gasteiger partial charge in [0.15, 0.2) is 0 Å². The van der Waals surface area contributed by atoms with Crippen molar-refractivity contribution in [3.05, 3.63) is 35.1 Å². The van der Waals surface area contributed by atoms with Crippen LogP contribution in [0.1, 0.15) is 24.0 Å². The largest absolute Gasteiger partial charge is 0.316 e. The number of aryl methyl sites for hydroxylation is 1. The molecule has 0 atom stereocenters. The Morgan fingerprint density at radius 2 is 2.00 bits per heavy atom. The van der Waals surface area contributed by atoms with Gasteiger partial charge in [0.1, 0.15) is 11.5 Å². The minimum Gasteiger partial charge on any atom is -0.316 e. The van der Waals surface area contributed by atoms with E-state index in [1.807, 2.05) is 6.92 Å². The van der Waals surface area contributed by atoms with Crippen LogP contribution in [-0.2, 0) is 6.42 Å². The molecule has 1 N–H and O–H groups in total. The van der Waals surface area contributed by atoms with Crippen LogP contribution in [0.3, 0.4) is 0 Å². The van der Waals surface area contributed by atoms with Crippen LogP contribution in [-0.4, -0.2) is 18.8 Å². The van der Waals surface area contributed by atoms with Gasteiger partial charge >= 0.3 is 0 Å². The van der Waals surface area contributed by atoms with E-state index in [0.717, 1.165) is 11.1 Å². The Labute approximate surface area is 94.9 Å². The molecule has 1 aromatic rings. The third-order valence-electron chi connectivity index (χ3n) is 3.32. The molecule has 0 aliphatic carbocycles. The number of nitrogens with one attached hydrogen (secondary N) is 1. The lowest BCUT2D eigenvalue weighted by Crippen LogP contribution is -2.40. The summed E-state index contributed by atoms with van der Waals surface area (Å²) in [5.41, 5.74) is 0.602. The SMILES string of the molecule is Cc1ccc(F)cc1CC1(F)CCNCC1. The average Bonchev–Trinajstić information content (AvgIpc) is 2.24. The molecular weight excluding hydrogens is 208 g/mol. The van der Waals surface area contributed by atoms with Crippen LogP contribution in [0.2, 0.25) is 0 Å². The number of halogens is 2. The summed E-state index contributed by atoms with van der Waals surface area (Å²) in [6, 6.07) is 4.60. The lowest BCUT2D eigenvalue weighted by Gasteiger charge is -2.30. The third kappa shape index (κ3) is 2.59. The van der Waals surface area contributed by atoms with Crippen molar-refractivity contribution in [2.45, 2.75) is 31.9 Å². The van der Waals surface area contributed by atoms with Gasteiger partial charge in [0.2, 0.25) is 0 Å². The van der Waals surface area contributed by atoms with Crippen molar-refractivity contribution in [3.63, 3.8) is 0 Å². The van der Waals surface area contributed by atoms with Crippen LogP contribution >= 0.6 is 0 Å². The fraction of sp³-hybridized carbons (Fsp3) is 0.538. The van der Waals surface area contributed by atoms with Gasteiger partial charge in [0.05, 0.1) is 0 Å². The molecule has 0 radical (unpaired) electrons. The molecule has 0 saturated carbocycles. The van der Waals surface area contributed by atoms with E-state index < -0.39 is 5.67 Å². The molecule has 88 valence electrons. The van der Waals surface area contributed by atoms with Gasteiger partial charge in [-0.25, -0.2) is 8.78 Å². The van der Waals surface area contributed by atoms with E-state index in [9.17, 15) is 8.78 Å². The summed E-state index contributed by atoms with van der Waals surface area (Å²) in [6.07, 6.45) is 1.37. The summed E-state index contributed by atoms with van der Waals surface area (Å²) >= 11 is 0. The number of piperidine rings is 1. The summed E-state index contributed by atoms with van der Waals surface area (Å²) in [6.45, 7) is 3.33. The number of hydrogen-bond donors (Lipinski definition) is 1. The highest BCUT2D eigenvalue weighted by Crippen LogP contribution is 2.29. The lowest BCUT2D eigenvalue weighted by atomic mass is 9.86. The summed E-state index contributed by atoms with van der Waals surface area (Å²) < 4.78 is 27.5. The van der Waals surface area contributed by atoms with E-state index in [2.05, 4.69) is 5.32 Å². The molecule has 0 bridgehead atoms. The highest BCUT2D eigenvalue weighted by Gasteiger charge is 2.32. The minimum atomic E-state index is -1.16. The van der Waals surface area contributed by atoms with Crippen LogP contribution in [0.5, 0.6) is 0 Å². The Morgan fingerprint density at radius 1 is 1.31 bits per heavy atom. The number of hydrogen-bond acceptors (Lipinski definition) is 1. The minimum absolute atomic E-state index is 0.280. The summed E-state index contributed by atoms with van der Waals surface area (Å²) in [7, 11) is 0. The molecule has 0 aromatic heterocycles. The molecule has 1 aliphatic heterocycles. The highest BCUT2D eigenvalue weighted by atomic mass is 19.1. The van der Waals surface area contributed by atoms with Crippen molar-refractivity contribution in [2.75, 3.05) is 13.1 Å². The molecule has 1 fully saturated rings. The maximum Gasteiger partial charge on any atom is 0.123 e. The van der Waals surface area contributed by atoms with Crippen molar-refractivity contribution in [3.8, 4) is 0 Å². The second kappa shape index (κ2) is 4.50. The normalized spacial score (nSPS) is 19.7. The van der Waals surface area contributed by atoms with Gasteiger partial charge in [-0.1, -0.05) is 6.07 Å². The predicted octanol–water partition coefficient (Wildman–Crippen LogP) is 2.77. The first-order valence-corrected chi connectivity index (χ1v) is 5.74. The molecular formula is C13H17F2N. The Balaban J connectivity index is 2.15. The van der Waals surface area contributed by atoms with Crippen LogP contribution < -0.4 is 5.32 Å². The third-order valence-corrected chi connectivity index (χ3v) is 3.32. The maximum absolute atomic E-state index is 14.4. The topological polar surface area (TPSA) is 12.0 Å². The smallest absolute Gasteiger partial charge is 0.123 e. The molecule has 1 aromatic carbocycles. The Bertz CT molecular complexity index is 370. The van der Waals surface area contributed by atoms with Crippen LogP contribution in [0.15, 0.2) is 18.2 Å². The van der Waals surface area contributed by atoms with Gasteiger partial charge in [-0.05, 0) is 56.1 Å². The Kier molecular flexibility index (Phi) is 3.24. The molecule has 0 unspecified atom stereocenters. The molecule has 0 spiro atoms. The summed E-state index contributed by atoms with van der Waals surface area (Å²) in [5, 5.41) is 3.14. The summed E-state index contributed by atoms with van der Waals surface area (Å²) in [5.74, 6) is -0.280. The van der Waals surface area contributed by atoms with Gasteiger partial charge in [-0.15, -0.1) is 0 Å². The van der Waals surface area contributed by atoms with Crippen molar-refractivity contribution >= 4 is 0 Å². The number of rotatable bonds is 2. The second-order valence-electron chi connectivity index (χ2n) is 4.65. The zero-order valence-electron chi connectivity index (χ0n) is 9.52. The monoisotopic (exact) mass is 225 g/mol. The van der Waals surface area contributed by atoms with Gasteiger partial charge in [-0.3, -0.25) is 0 Å². The van der Waals surface area contributed by atoms with Crippen molar-refractivity contribution in [2.24, 2.45) is 0 Å². The zero-order chi connectivity index (χ0) is 11.6. The standard InChI is InChI=1S/C13H17F2N/c1-10-2-3-12(14)8-11(10)9-13(15)4-6-16-7-5-13/h2-3,8,16H,4-7,9H2,1H3. The van der Waals surface area contributed by atoms with E-state index >= 15 is 0 Å². The van der Waals surface area contributed by atoms with Gasteiger partial charge in [-0.2, -0.15) is 0 Å². The van der Waals surface area contributed by atoms with E-state index in [1.165, 1.54) is 12.1 Å². The fourth-order valence-electron chi connectivity index (χ4n) is 2.22. The van der Waals surface area contributed by atoms with Crippen molar-refractivity contribution < 1.29 is 8.78 Å². The molecule has 3 heteroatoms. The lowest BCUT2D eigenvalue weighted by molar-refractivity contribution is 0.116. The molecule has 1 saturated heterocycles. The molecule has 1 aliphatic rings. The quantitative estimate of drug-likeness (QED) is 0.816. The van der Waals surface area contributed by atoms with E-state index in [1.54, 1.807) is 6.07 Å². The number of benzene rings is 1. The Hall–Kier alpha value is -0.960. The first-order valence-electron chi connectivity index (χ1n) is 5.74. The number of alkyl halides is 1. The molecule has 1 nitrogen and oxygen atoms in total. The highest BCUT2D eigenvalue weighted by molar-refractivity contribution is 5.28. The van der Waals surface area contributed by atoms with Crippen LogP contribution in [0, 0.1) is 12.7 Å². The van der Waals surface area contributed by atoms with Gasteiger partial charge in [0.25, 0.3) is 0 Å². The Morgan fingerprint density at radius 3 is 2.69 bits per heavy atom. The van der Waals surface area contributed by atoms with Crippen molar-refractivity contribution in [1.29, 1.82) is 0 Å². The molecule has 0 amide bonds. The van der Waals surface area contributed by atoms with E-state index in [-0.39, 0.29) is 5.82 Å². The average molecular weight is 225 g/mol. The fourth-order valence-corrected chi connectivity index (χ4v) is 2.22. The molecule has 16 heavy (non-hydrogen) atoms. The second-order valence-corrected chi connectivity index (χ2v) is 4.65. The first kappa shape index (κ1) is 11.5. The van der Waals surface area contributed by atoms with Crippen molar-refractivity contribution in [1.82, 2.24) is 5.32 Å².